The van der Waals surface area contributed by atoms with E-state index in [4.69, 9.17) is 0 Å². The van der Waals surface area contributed by atoms with Gasteiger partial charge in [0.15, 0.2) is 0 Å². The molecule has 28 heavy (non-hydrogen) atoms. The number of amides is 2. The first-order chi connectivity index (χ1) is 13.2. The topological polar surface area (TPSA) is 85.0 Å². The molecule has 8 heteroatoms. The zero-order valence-corrected chi connectivity index (χ0v) is 17.3. The van der Waals surface area contributed by atoms with Crippen molar-refractivity contribution in [3.63, 3.8) is 0 Å². The van der Waals surface area contributed by atoms with Gasteiger partial charge in [-0.25, -0.2) is 0 Å². The number of likely N-dealkylation sites (tertiary alicyclic amines) is 1. The fraction of sp³-hybridized carbons (Fsp3) is 0.600. The lowest BCUT2D eigenvalue weighted by Gasteiger charge is -2.38. The van der Waals surface area contributed by atoms with Crippen molar-refractivity contribution in [1.29, 1.82) is 0 Å². The molecule has 0 bridgehead atoms. The Morgan fingerprint density at radius 1 is 1.36 bits per heavy atom. The summed E-state index contributed by atoms with van der Waals surface area (Å²) in [7, 11) is 1.84. The van der Waals surface area contributed by atoms with Gasteiger partial charge in [0.2, 0.25) is 11.8 Å². The minimum atomic E-state index is -0.423. The summed E-state index contributed by atoms with van der Waals surface area (Å²) in [4.78, 5) is 27.6. The molecular formula is C20H30N6O2. The molecule has 1 aliphatic rings. The molecule has 3 atom stereocenters. The zero-order valence-electron chi connectivity index (χ0n) is 17.3. The molecule has 3 rings (SSSR count). The van der Waals surface area contributed by atoms with Crippen molar-refractivity contribution in [1.82, 2.24) is 29.8 Å². The standard InChI is InChI=1S/C20H30N6O2/c1-14(12-25-8-6-7-22-25)10-21-19(28)16-9-17(27)26(20(2,3)4)18(16)15-11-23-24(5)13-15/h6-8,11,13-14,16,18H,9-10,12H2,1-5H3,(H,21,28)/t14-,16+,18+/m1/s1. The van der Waals surface area contributed by atoms with Crippen LogP contribution >= 0.6 is 0 Å². The molecule has 3 heterocycles. The first kappa shape index (κ1) is 20.1. The predicted molar refractivity (Wildman–Crippen MR) is 105 cm³/mol. The Labute approximate surface area is 165 Å². The monoisotopic (exact) mass is 386 g/mol. The number of aryl methyl sites for hydroxylation is 1. The Morgan fingerprint density at radius 3 is 2.68 bits per heavy atom. The summed E-state index contributed by atoms with van der Waals surface area (Å²) in [5, 5.41) is 11.5. The molecule has 1 aliphatic heterocycles. The molecule has 0 saturated carbocycles. The normalized spacial score (nSPS) is 21.2. The van der Waals surface area contributed by atoms with Crippen LogP contribution in [0.15, 0.2) is 30.9 Å². The van der Waals surface area contributed by atoms with Gasteiger partial charge < -0.3 is 10.2 Å². The van der Waals surface area contributed by atoms with E-state index >= 15 is 0 Å². The number of hydrogen-bond donors (Lipinski definition) is 1. The molecule has 0 radical (unpaired) electrons. The summed E-state index contributed by atoms with van der Waals surface area (Å²) in [6.45, 7) is 9.35. The lowest BCUT2D eigenvalue weighted by molar-refractivity contribution is -0.133. The van der Waals surface area contributed by atoms with E-state index in [9.17, 15) is 9.59 Å². The average molecular weight is 387 g/mol. The Kier molecular flexibility index (Phi) is 5.58. The van der Waals surface area contributed by atoms with Gasteiger partial charge >= 0.3 is 0 Å². The molecule has 0 unspecified atom stereocenters. The van der Waals surface area contributed by atoms with E-state index in [1.54, 1.807) is 17.1 Å². The SMILES string of the molecule is C[C@H](CNC(=O)[C@H]1CC(=O)N(C(C)(C)C)[C@H]1c1cnn(C)c1)Cn1cccn1. The number of nitrogens with one attached hydrogen (secondary N) is 1. The summed E-state index contributed by atoms with van der Waals surface area (Å²) in [5.41, 5.74) is 0.521. The van der Waals surface area contributed by atoms with E-state index in [0.717, 1.165) is 12.1 Å². The van der Waals surface area contributed by atoms with Crippen LogP contribution in [0.25, 0.3) is 0 Å². The highest BCUT2D eigenvalue weighted by Gasteiger charge is 2.48. The molecule has 0 aromatic carbocycles. The molecule has 2 aromatic rings. The molecule has 152 valence electrons. The van der Waals surface area contributed by atoms with Crippen LogP contribution < -0.4 is 5.32 Å². The number of nitrogens with zero attached hydrogens (tertiary/aromatic N) is 5. The lowest BCUT2D eigenvalue weighted by Crippen LogP contribution is -2.45. The zero-order chi connectivity index (χ0) is 20.5. The maximum Gasteiger partial charge on any atom is 0.226 e. The summed E-state index contributed by atoms with van der Waals surface area (Å²) in [6, 6.07) is 1.58. The second kappa shape index (κ2) is 7.77. The third-order valence-corrected chi connectivity index (χ3v) is 5.13. The van der Waals surface area contributed by atoms with Gasteiger partial charge in [-0.2, -0.15) is 10.2 Å². The second-order valence-electron chi connectivity index (χ2n) is 8.72. The first-order valence-electron chi connectivity index (χ1n) is 9.72. The average Bonchev–Trinajstić information content (AvgIpc) is 3.32. The van der Waals surface area contributed by atoms with Gasteiger partial charge in [0.1, 0.15) is 0 Å². The van der Waals surface area contributed by atoms with E-state index in [0.29, 0.717) is 6.54 Å². The molecule has 0 aliphatic carbocycles. The molecule has 1 saturated heterocycles. The summed E-state index contributed by atoms with van der Waals surface area (Å²) < 4.78 is 3.57. The molecule has 1 fully saturated rings. The molecule has 8 nitrogen and oxygen atoms in total. The molecular weight excluding hydrogens is 356 g/mol. The molecule has 1 N–H and O–H groups in total. The van der Waals surface area contributed by atoms with Crippen LogP contribution in [-0.4, -0.2) is 48.4 Å². The summed E-state index contributed by atoms with van der Waals surface area (Å²) in [6.07, 6.45) is 7.52. The van der Waals surface area contributed by atoms with Gasteiger partial charge in [-0.15, -0.1) is 0 Å². The van der Waals surface area contributed by atoms with E-state index in [-0.39, 0.29) is 35.7 Å². The molecule has 0 spiro atoms. The van der Waals surface area contributed by atoms with Crippen LogP contribution in [-0.2, 0) is 23.2 Å². The van der Waals surface area contributed by atoms with Crippen LogP contribution in [0.3, 0.4) is 0 Å². The largest absolute Gasteiger partial charge is 0.355 e. The van der Waals surface area contributed by atoms with Crippen LogP contribution in [0, 0.1) is 11.8 Å². The number of rotatable bonds is 6. The molecule has 2 amide bonds. The van der Waals surface area contributed by atoms with Crippen molar-refractivity contribution in [3.8, 4) is 0 Å². The van der Waals surface area contributed by atoms with Crippen LogP contribution in [0.5, 0.6) is 0 Å². The number of carbonyl (C=O) groups excluding carboxylic acids is 2. The Bertz CT molecular complexity index is 820. The van der Waals surface area contributed by atoms with Crippen LogP contribution in [0.1, 0.15) is 45.7 Å². The third-order valence-electron chi connectivity index (χ3n) is 5.13. The third kappa shape index (κ3) is 4.26. The van der Waals surface area contributed by atoms with Gasteiger partial charge in [-0.1, -0.05) is 6.92 Å². The van der Waals surface area contributed by atoms with Crippen molar-refractivity contribution >= 4 is 11.8 Å². The first-order valence-corrected chi connectivity index (χ1v) is 9.72. The minimum absolute atomic E-state index is 0.00564. The summed E-state index contributed by atoms with van der Waals surface area (Å²) >= 11 is 0. The van der Waals surface area contributed by atoms with Crippen molar-refractivity contribution in [2.24, 2.45) is 18.9 Å². The van der Waals surface area contributed by atoms with Crippen molar-refractivity contribution in [2.45, 2.75) is 52.2 Å². The molecule has 2 aromatic heterocycles. The minimum Gasteiger partial charge on any atom is -0.355 e. The Hall–Kier alpha value is -2.64. The van der Waals surface area contributed by atoms with E-state index in [2.05, 4.69) is 22.4 Å². The van der Waals surface area contributed by atoms with Crippen molar-refractivity contribution in [3.05, 3.63) is 36.4 Å². The highest BCUT2D eigenvalue weighted by molar-refractivity contribution is 5.90. The second-order valence-corrected chi connectivity index (χ2v) is 8.72. The van der Waals surface area contributed by atoms with E-state index in [1.165, 1.54) is 0 Å². The summed E-state index contributed by atoms with van der Waals surface area (Å²) in [5.74, 6) is -0.267. The fourth-order valence-electron chi connectivity index (χ4n) is 3.93. The smallest absolute Gasteiger partial charge is 0.226 e. The highest BCUT2D eigenvalue weighted by Crippen LogP contribution is 2.42. The van der Waals surface area contributed by atoms with Gasteiger partial charge in [-0.05, 0) is 32.8 Å². The van der Waals surface area contributed by atoms with Gasteiger partial charge in [0.25, 0.3) is 0 Å². The van der Waals surface area contributed by atoms with E-state index in [1.807, 2.05) is 55.9 Å². The maximum absolute atomic E-state index is 13.0. The van der Waals surface area contributed by atoms with E-state index < -0.39 is 5.92 Å². The van der Waals surface area contributed by atoms with Crippen molar-refractivity contribution < 1.29 is 9.59 Å². The van der Waals surface area contributed by atoms with Gasteiger partial charge in [-0.3, -0.25) is 19.0 Å². The number of carbonyl (C=O) groups is 2. The lowest BCUT2D eigenvalue weighted by atomic mass is 9.92. The quantitative estimate of drug-likeness (QED) is 0.820. The van der Waals surface area contributed by atoms with Crippen LogP contribution in [0.2, 0.25) is 0 Å². The van der Waals surface area contributed by atoms with Gasteiger partial charge in [0.05, 0.1) is 18.2 Å². The maximum atomic E-state index is 13.0. The Balaban J connectivity index is 1.73. The van der Waals surface area contributed by atoms with Crippen molar-refractivity contribution in [2.75, 3.05) is 6.54 Å². The van der Waals surface area contributed by atoms with Gasteiger partial charge in [0, 0.05) is 56.3 Å². The van der Waals surface area contributed by atoms with Crippen LogP contribution in [0.4, 0.5) is 0 Å². The number of hydrogen-bond acceptors (Lipinski definition) is 4. The highest BCUT2D eigenvalue weighted by atomic mass is 16.2. The fourth-order valence-corrected chi connectivity index (χ4v) is 3.93. The Morgan fingerprint density at radius 2 is 2.11 bits per heavy atom. The predicted octanol–water partition coefficient (Wildman–Crippen LogP) is 1.76. The number of aromatic nitrogens is 4.